The van der Waals surface area contributed by atoms with E-state index in [0.717, 1.165) is 22.0 Å². The normalized spacial score (nSPS) is 11.3. The summed E-state index contributed by atoms with van der Waals surface area (Å²) < 4.78 is 35.4. The van der Waals surface area contributed by atoms with Gasteiger partial charge in [-0.3, -0.25) is 9.71 Å². The van der Waals surface area contributed by atoms with Crippen molar-refractivity contribution in [3.8, 4) is 17.2 Å². The minimum Gasteiger partial charge on any atom is -0.496 e. The molecule has 3 rings (SSSR count). The number of hydrogen-bond donors (Lipinski definition) is 2. The number of anilines is 1. The van der Waals surface area contributed by atoms with E-state index >= 15 is 0 Å². The Bertz CT molecular complexity index is 1020. The fourth-order valence-corrected chi connectivity index (χ4v) is 3.15. The highest BCUT2D eigenvalue weighted by Crippen LogP contribution is 2.31. The fourth-order valence-electron chi connectivity index (χ4n) is 2.31. The molecule has 0 spiro atoms. The standard InChI is InChI=1S/C16H16N3O4PS/c1-22-15-9-13-12(8-16(15)24)14(6-7-18-13)23-11-4-2-10(3-5-11)19-25(17,20)21/h2-9,19H,24H2,1H3,(H2,17,20,21). The van der Waals surface area contributed by atoms with E-state index in [1.54, 1.807) is 43.6 Å². The van der Waals surface area contributed by atoms with E-state index in [1.807, 2.05) is 12.1 Å². The van der Waals surface area contributed by atoms with Crippen LogP contribution in [0.4, 0.5) is 5.69 Å². The SMILES string of the molecule is COc1cc2nccc(Oc3ccc(NS(N)(=O)=O)cc3)c2cc1P. The highest BCUT2D eigenvalue weighted by atomic mass is 32.2. The van der Waals surface area contributed by atoms with Crippen molar-refractivity contribution in [2.75, 3.05) is 11.8 Å². The molecule has 0 radical (unpaired) electrons. The lowest BCUT2D eigenvalue weighted by Gasteiger charge is -2.11. The highest BCUT2D eigenvalue weighted by Gasteiger charge is 2.09. The van der Waals surface area contributed by atoms with Crippen LogP contribution in [0.2, 0.25) is 0 Å². The Hall–Kier alpha value is -2.41. The second-order valence-corrected chi connectivity index (χ2v) is 7.11. The molecule has 0 saturated carbocycles. The Kier molecular flexibility index (Phi) is 4.76. The van der Waals surface area contributed by atoms with Gasteiger partial charge in [-0.15, -0.1) is 9.24 Å². The number of ether oxygens (including phenoxy) is 2. The van der Waals surface area contributed by atoms with E-state index in [1.165, 1.54) is 0 Å². The molecule has 0 aliphatic rings. The van der Waals surface area contributed by atoms with E-state index in [2.05, 4.69) is 18.9 Å². The van der Waals surface area contributed by atoms with E-state index < -0.39 is 10.2 Å². The van der Waals surface area contributed by atoms with Crippen LogP contribution in [0.15, 0.2) is 48.7 Å². The number of hydrogen-bond acceptors (Lipinski definition) is 5. The van der Waals surface area contributed by atoms with E-state index in [-0.39, 0.29) is 0 Å². The summed E-state index contributed by atoms with van der Waals surface area (Å²) in [6.07, 6.45) is 1.65. The van der Waals surface area contributed by atoms with Gasteiger partial charge in [0.2, 0.25) is 0 Å². The zero-order valence-corrected chi connectivity index (χ0v) is 15.2. The minimum atomic E-state index is -3.80. The van der Waals surface area contributed by atoms with Gasteiger partial charge in [0.05, 0.1) is 12.6 Å². The second kappa shape index (κ2) is 6.84. The van der Waals surface area contributed by atoms with Crippen molar-refractivity contribution >= 4 is 41.3 Å². The summed E-state index contributed by atoms with van der Waals surface area (Å²) >= 11 is 0. The smallest absolute Gasteiger partial charge is 0.296 e. The number of methoxy groups -OCH3 is 1. The number of pyridine rings is 1. The zero-order chi connectivity index (χ0) is 18.0. The van der Waals surface area contributed by atoms with Gasteiger partial charge in [-0.05, 0) is 36.4 Å². The summed E-state index contributed by atoms with van der Waals surface area (Å²) in [5.41, 5.74) is 1.10. The maximum Gasteiger partial charge on any atom is 0.296 e. The van der Waals surface area contributed by atoms with Crippen LogP contribution < -0.4 is 24.6 Å². The third-order valence-electron chi connectivity index (χ3n) is 3.40. The largest absolute Gasteiger partial charge is 0.496 e. The highest BCUT2D eigenvalue weighted by molar-refractivity contribution is 7.90. The first-order chi connectivity index (χ1) is 11.9. The van der Waals surface area contributed by atoms with Crippen LogP contribution in [0.1, 0.15) is 0 Å². The van der Waals surface area contributed by atoms with Crippen molar-refractivity contribution in [3.63, 3.8) is 0 Å². The molecule has 1 heterocycles. The summed E-state index contributed by atoms with van der Waals surface area (Å²) in [7, 11) is 0.416. The second-order valence-electron chi connectivity index (χ2n) is 5.19. The van der Waals surface area contributed by atoms with Crippen molar-refractivity contribution < 1.29 is 17.9 Å². The van der Waals surface area contributed by atoms with Gasteiger partial charge in [0.1, 0.15) is 17.2 Å². The maximum absolute atomic E-state index is 11.0. The van der Waals surface area contributed by atoms with Crippen LogP contribution in [0.5, 0.6) is 17.2 Å². The van der Waals surface area contributed by atoms with Crippen LogP contribution in [-0.4, -0.2) is 20.5 Å². The van der Waals surface area contributed by atoms with Gasteiger partial charge in [-0.1, -0.05) is 0 Å². The van der Waals surface area contributed by atoms with Crippen molar-refractivity contribution in [2.45, 2.75) is 0 Å². The lowest BCUT2D eigenvalue weighted by molar-refractivity contribution is 0.419. The molecule has 9 heteroatoms. The molecule has 0 amide bonds. The third kappa shape index (κ3) is 4.17. The molecule has 0 bridgehead atoms. The Morgan fingerprint density at radius 1 is 1.12 bits per heavy atom. The van der Waals surface area contributed by atoms with Gasteiger partial charge >= 0.3 is 0 Å². The van der Waals surface area contributed by atoms with Crippen molar-refractivity contribution in [1.29, 1.82) is 0 Å². The molecule has 25 heavy (non-hydrogen) atoms. The van der Waals surface area contributed by atoms with Crippen LogP contribution >= 0.6 is 9.24 Å². The molecule has 0 aliphatic heterocycles. The zero-order valence-electron chi connectivity index (χ0n) is 13.3. The average Bonchev–Trinajstić information content (AvgIpc) is 2.55. The number of aromatic nitrogens is 1. The number of nitrogens with zero attached hydrogens (tertiary/aromatic N) is 1. The summed E-state index contributed by atoms with van der Waals surface area (Å²) in [4.78, 5) is 4.33. The van der Waals surface area contributed by atoms with Crippen molar-refractivity contribution in [2.24, 2.45) is 5.14 Å². The van der Waals surface area contributed by atoms with Gasteiger partial charge in [-0.25, -0.2) is 5.14 Å². The molecule has 1 atom stereocenters. The lowest BCUT2D eigenvalue weighted by Crippen LogP contribution is -2.21. The van der Waals surface area contributed by atoms with Crippen LogP contribution in [0.3, 0.4) is 0 Å². The fraction of sp³-hybridized carbons (Fsp3) is 0.0625. The minimum absolute atomic E-state index is 0.353. The van der Waals surface area contributed by atoms with Gasteiger partial charge in [0.25, 0.3) is 10.2 Å². The van der Waals surface area contributed by atoms with E-state index in [0.29, 0.717) is 17.2 Å². The molecule has 7 nitrogen and oxygen atoms in total. The lowest BCUT2D eigenvalue weighted by atomic mass is 10.2. The summed E-state index contributed by atoms with van der Waals surface area (Å²) in [5.74, 6) is 1.90. The van der Waals surface area contributed by atoms with Gasteiger partial charge in [-0.2, -0.15) is 8.42 Å². The molecular weight excluding hydrogens is 361 g/mol. The summed E-state index contributed by atoms with van der Waals surface area (Å²) in [6.45, 7) is 0. The van der Waals surface area contributed by atoms with Crippen molar-refractivity contribution in [3.05, 3.63) is 48.7 Å². The molecule has 0 saturated heterocycles. The van der Waals surface area contributed by atoms with Gasteiger partial charge in [0.15, 0.2) is 0 Å². The van der Waals surface area contributed by atoms with Crippen LogP contribution in [0, 0.1) is 0 Å². The quantitative estimate of drug-likeness (QED) is 0.663. The Morgan fingerprint density at radius 3 is 2.48 bits per heavy atom. The Labute approximate surface area is 147 Å². The maximum atomic E-state index is 11.0. The average molecular weight is 377 g/mol. The molecule has 1 aromatic heterocycles. The monoisotopic (exact) mass is 377 g/mol. The first-order valence-corrected chi connectivity index (χ1v) is 9.29. The molecule has 0 aliphatic carbocycles. The van der Waals surface area contributed by atoms with Crippen LogP contribution in [-0.2, 0) is 10.2 Å². The molecule has 1 unspecified atom stereocenters. The number of rotatable bonds is 5. The molecule has 3 N–H and O–H groups in total. The van der Waals surface area contributed by atoms with E-state index in [9.17, 15) is 8.42 Å². The topological polar surface area (TPSA) is 104 Å². The summed E-state index contributed by atoms with van der Waals surface area (Å²) in [6, 6.07) is 11.9. The third-order valence-corrected chi connectivity index (χ3v) is 4.37. The van der Waals surface area contributed by atoms with Gasteiger partial charge < -0.3 is 9.47 Å². The van der Waals surface area contributed by atoms with E-state index in [4.69, 9.17) is 14.6 Å². The number of nitrogens with two attached hydrogens (primary N) is 1. The molecule has 3 aromatic rings. The van der Waals surface area contributed by atoms with Crippen LogP contribution in [0.25, 0.3) is 10.9 Å². The number of nitrogens with one attached hydrogen (secondary N) is 1. The molecule has 0 fully saturated rings. The number of fused-ring (bicyclic) bond motifs is 1. The molecule has 2 aromatic carbocycles. The van der Waals surface area contributed by atoms with Crippen molar-refractivity contribution in [1.82, 2.24) is 4.98 Å². The predicted octanol–water partition coefficient (Wildman–Crippen LogP) is 2.15. The Morgan fingerprint density at radius 2 is 1.84 bits per heavy atom. The summed E-state index contributed by atoms with van der Waals surface area (Å²) in [5, 5.41) is 6.66. The predicted molar refractivity (Wildman–Crippen MR) is 101 cm³/mol. The Balaban J connectivity index is 1.91. The molecule has 130 valence electrons. The molecular formula is C16H16N3O4PS. The number of benzene rings is 2. The first kappa shape index (κ1) is 17.4. The van der Waals surface area contributed by atoms with Gasteiger partial charge in [0, 0.05) is 28.6 Å². The first-order valence-electron chi connectivity index (χ1n) is 7.16.